The highest BCUT2D eigenvalue weighted by Gasteiger charge is 2.19. The molecular formula is C20H34N10O. The fraction of sp³-hybridized carbons (Fsp3) is 0.500. The number of nitrogens with one attached hydrogen (secondary N) is 1. The van der Waals surface area contributed by atoms with Crippen LogP contribution in [0.25, 0.3) is 22.3 Å². The Hall–Kier alpha value is -3.50. The van der Waals surface area contributed by atoms with Crippen LogP contribution in [0.1, 0.15) is 56.4 Å². The van der Waals surface area contributed by atoms with E-state index in [2.05, 4.69) is 50.7 Å². The predicted octanol–water partition coefficient (Wildman–Crippen LogP) is 2.89. The van der Waals surface area contributed by atoms with Gasteiger partial charge in [0, 0.05) is 11.1 Å². The topological polar surface area (TPSA) is 159 Å². The van der Waals surface area contributed by atoms with Gasteiger partial charge >= 0.3 is 0 Å². The molecule has 0 saturated heterocycles. The second kappa shape index (κ2) is 8.70. The van der Waals surface area contributed by atoms with E-state index in [9.17, 15) is 4.79 Å². The van der Waals surface area contributed by atoms with Crippen molar-refractivity contribution in [3.63, 3.8) is 0 Å². The number of anilines is 2. The maximum absolute atomic E-state index is 11.5. The Morgan fingerprint density at radius 3 is 1.87 bits per heavy atom. The van der Waals surface area contributed by atoms with Crippen LogP contribution >= 0.6 is 0 Å². The van der Waals surface area contributed by atoms with E-state index in [-0.39, 0.29) is 37.4 Å². The van der Waals surface area contributed by atoms with E-state index >= 15 is 0 Å². The number of hydrogen-bond donors (Lipinski definition) is 3. The maximum atomic E-state index is 11.5. The third-order valence-corrected chi connectivity index (χ3v) is 4.23. The van der Waals surface area contributed by atoms with Crippen LogP contribution in [0.2, 0.25) is 0 Å². The predicted molar refractivity (Wildman–Crippen MR) is 126 cm³/mol. The molecule has 0 saturated carbocycles. The van der Waals surface area contributed by atoms with Gasteiger partial charge in [-0.05, 0) is 41.5 Å². The van der Waals surface area contributed by atoms with Crippen LogP contribution in [0.4, 0.5) is 11.8 Å². The largest absolute Gasteiger partial charge is 0.382 e. The summed E-state index contributed by atoms with van der Waals surface area (Å²) < 4.78 is 3.81. The quantitative estimate of drug-likeness (QED) is 0.384. The molecule has 31 heavy (non-hydrogen) atoms. The molecule has 0 aliphatic carbocycles. The van der Waals surface area contributed by atoms with Crippen LogP contribution in [0.5, 0.6) is 0 Å². The van der Waals surface area contributed by atoms with Crippen molar-refractivity contribution < 1.29 is 0 Å². The zero-order chi connectivity index (χ0) is 21.6. The highest BCUT2D eigenvalue weighted by atomic mass is 16.1. The van der Waals surface area contributed by atoms with Gasteiger partial charge in [0.2, 0.25) is 5.95 Å². The third kappa shape index (κ3) is 4.98. The molecule has 0 unspecified atom stereocenters. The Morgan fingerprint density at radius 1 is 0.806 bits per heavy atom. The van der Waals surface area contributed by atoms with E-state index in [0.29, 0.717) is 22.5 Å². The van der Waals surface area contributed by atoms with Gasteiger partial charge in [0.1, 0.15) is 11.8 Å². The molecule has 11 heteroatoms. The molecule has 0 bridgehead atoms. The molecule has 4 heterocycles. The molecule has 170 valence electrons. The molecule has 4 aromatic rings. The van der Waals surface area contributed by atoms with Crippen LogP contribution in [-0.4, -0.2) is 39.0 Å². The van der Waals surface area contributed by atoms with Gasteiger partial charge in [-0.2, -0.15) is 4.98 Å². The number of aromatic amines is 1. The van der Waals surface area contributed by atoms with Crippen molar-refractivity contribution in [3.8, 4) is 0 Å². The second-order valence-corrected chi connectivity index (χ2v) is 8.63. The molecule has 4 rings (SSSR count). The lowest BCUT2D eigenvalue weighted by atomic mass is 10.1. The second-order valence-electron chi connectivity index (χ2n) is 8.63. The highest BCUT2D eigenvalue weighted by Crippen LogP contribution is 2.22. The fourth-order valence-electron chi connectivity index (χ4n) is 2.76. The van der Waals surface area contributed by atoms with Crippen molar-refractivity contribution >= 4 is 34.1 Å². The van der Waals surface area contributed by atoms with Gasteiger partial charge in [-0.3, -0.25) is 9.78 Å². The SMILES string of the molecule is C.C.CC(C)(C)n1cnc2c(=O)[nH]c(N)nc21.CC(C)(C)n1cnc2c(N)ncnc21. The number of H-pyrrole nitrogens is 1. The van der Waals surface area contributed by atoms with E-state index in [4.69, 9.17) is 11.5 Å². The average molecular weight is 431 g/mol. The molecule has 0 amide bonds. The Labute approximate surface area is 182 Å². The third-order valence-electron chi connectivity index (χ3n) is 4.23. The van der Waals surface area contributed by atoms with Crippen LogP contribution in [0.3, 0.4) is 0 Å². The minimum Gasteiger partial charge on any atom is -0.382 e. The first-order valence-corrected chi connectivity index (χ1v) is 9.07. The minimum absolute atomic E-state index is 0. The van der Waals surface area contributed by atoms with E-state index in [1.807, 2.05) is 29.9 Å². The van der Waals surface area contributed by atoms with Crippen LogP contribution in [0.15, 0.2) is 23.8 Å². The molecule has 0 aliphatic heterocycles. The lowest BCUT2D eigenvalue weighted by Crippen LogP contribution is -2.22. The summed E-state index contributed by atoms with van der Waals surface area (Å²) in [5.41, 5.74) is 12.9. The molecule has 4 aromatic heterocycles. The maximum Gasteiger partial charge on any atom is 0.280 e. The first-order valence-electron chi connectivity index (χ1n) is 9.07. The van der Waals surface area contributed by atoms with Crippen molar-refractivity contribution in [2.24, 2.45) is 0 Å². The lowest BCUT2D eigenvalue weighted by Gasteiger charge is -2.20. The summed E-state index contributed by atoms with van der Waals surface area (Å²) in [7, 11) is 0. The normalized spacial score (nSPS) is 11.4. The van der Waals surface area contributed by atoms with Gasteiger partial charge in [-0.1, -0.05) is 14.9 Å². The Bertz CT molecular complexity index is 1220. The molecule has 0 atom stereocenters. The first kappa shape index (κ1) is 25.5. The van der Waals surface area contributed by atoms with Gasteiger partial charge in [0.25, 0.3) is 5.56 Å². The number of imidazole rings is 2. The van der Waals surface area contributed by atoms with Crippen molar-refractivity contribution in [2.75, 3.05) is 11.5 Å². The Kier molecular flexibility index (Phi) is 7.17. The summed E-state index contributed by atoms with van der Waals surface area (Å²) in [6.07, 6.45) is 4.81. The summed E-state index contributed by atoms with van der Waals surface area (Å²) in [5, 5.41) is 0. The summed E-state index contributed by atoms with van der Waals surface area (Å²) in [5.74, 6) is 0.538. The summed E-state index contributed by atoms with van der Waals surface area (Å²) in [6, 6.07) is 0. The van der Waals surface area contributed by atoms with E-state index < -0.39 is 0 Å². The number of fused-ring (bicyclic) bond motifs is 2. The molecule has 0 fully saturated rings. The Balaban J connectivity index is 0.000000292. The van der Waals surface area contributed by atoms with Gasteiger partial charge in [0.15, 0.2) is 22.6 Å². The molecule has 0 spiro atoms. The van der Waals surface area contributed by atoms with E-state index in [0.717, 1.165) is 5.65 Å². The number of nitrogens with two attached hydrogens (primary N) is 2. The molecule has 0 aliphatic rings. The van der Waals surface area contributed by atoms with Crippen LogP contribution in [-0.2, 0) is 11.1 Å². The zero-order valence-corrected chi connectivity index (χ0v) is 17.4. The van der Waals surface area contributed by atoms with Gasteiger partial charge in [0.05, 0.1) is 12.7 Å². The van der Waals surface area contributed by atoms with E-state index in [1.165, 1.54) is 6.33 Å². The lowest BCUT2D eigenvalue weighted by molar-refractivity contribution is 0.405. The molecule has 0 radical (unpaired) electrons. The summed E-state index contributed by atoms with van der Waals surface area (Å²) in [6.45, 7) is 12.3. The highest BCUT2D eigenvalue weighted by molar-refractivity contribution is 5.81. The number of hydrogen-bond acceptors (Lipinski definition) is 8. The molecular weight excluding hydrogens is 396 g/mol. The monoisotopic (exact) mass is 430 g/mol. The first-order chi connectivity index (χ1) is 13.4. The van der Waals surface area contributed by atoms with Gasteiger partial charge < -0.3 is 20.6 Å². The van der Waals surface area contributed by atoms with Gasteiger partial charge in [-0.25, -0.2) is 19.9 Å². The molecule has 0 aromatic carbocycles. The number of nitrogen functional groups attached to an aromatic ring is 2. The van der Waals surface area contributed by atoms with Crippen molar-refractivity contribution in [2.45, 2.75) is 67.5 Å². The fourth-order valence-corrected chi connectivity index (χ4v) is 2.76. The standard InChI is InChI=1S/C9H13N5O.C9H13N5.2CH4/c1-9(2,3)14-4-11-5-6(14)12-8(10)13-7(5)15;1-9(2,3)14-5-13-6-7(10)11-4-12-8(6)14;;/h4H,1-3H3,(H3,10,12,13,15);4-5H,1-3H3,(H2,10,11,12);2*1H4. The number of aromatic nitrogens is 8. The van der Waals surface area contributed by atoms with Crippen molar-refractivity contribution in [1.29, 1.82) is 0 Å². The van der Waals surface area contributed by atoms with Crippen molar-refractivity contribution in [1.82, 2.24) is 39.0 Å². The molecule has 5 N–H and O–H groups in total. The summed E-state index contributed by atoms with van der Waals surface area (Å²) >= 11 is 0. The van der Waals surface area contributed by atoms with E-state index in [1.54, 1.807) is 12.7 Å². The van der Waals surface area contributed by atoms with Crippen LogP contribution < -0.4 is 17.0 Å². The van der Waals surface area contributed by atoms with Crippen molar-refractivity contribution in [3.05, 3.63) is 29.3 Å². The molecule has 11 nitrogen and oxygen atoms in total. The minimum atomic E-state index is -0.305. The smallest absolute Gasteiger partial charge is 0.280 e. The zero-order valence-electron chi connectivity index (χ0n) is 17.4. The average Bonchev–Trinajstić information content (AvgIpc) is 3.19. The number of rotatable bonds is 0. The van der Waals surface area contributed by atoms with Crippen LogP contribution in [0, 0.1) is 0 Å². The number of nitrogens with zero attached hydrogens (tertiary/aromatic N) is 7. The van der Waals surface area contributed by atoms with Gasteiger partial charge in [-0.15, -0.1) is 0 Å². The summed E-state index contributed by atoms with van der Waals surface area (Å²) in [4.78, 5) is 34.3. The Morgan fingerprint density at radius 2 is 1.32 bits per heavy atom.